The molecule has 1 N–H and O–H groups in total. The quantitative estimate of drug-likeness (QED) is 0.682. The molecule has 0 fully saturated rings. The van der Waals surface area contributed by atoms with Crippen molar-refractivity contribution >= 4 is 16.2 Å². The predicted molar refractivity (Wildman–Crippen MR) is 73.3 cm³/mol. The minimum absolute atomic E-state index is 0.182. The number of pyridine rings is 1. The zero-order valence-electron chi connectivity index (χ0n) is 10.3. The maximum Gasteiger partial charge on any atom is 0.276 e. The molecule has 0 unspecified atom stereocenters. The molecule has 5 nitrogen and oxygen atoms in total. The Morgan fingerprint density at radius 1 is 1.21 bits per heavy atom. The lowest BCUT2D eigenvalue weighted by atomic mass is 10.2. The largest absolute Gasteiger partial charge is 0.276 e. The summed E-state index contributed by atoms with van der Waals surface area (Å²) in [5, 5.41) is 3.71. The van der Waals surface area contributed by atoms with Crippen molar-refractivity contribution in [3.05, 3.63) is 59.9 Å². The third-order valence-corrected chi connectivity index (χ3v) is 3.64. The second-order valence-corrected chi connectivity index (χ2v) is 5.61. The van der Waals surface area contributed by atoms with Gasteiger partial charge in [-0.25, -0.2) is 4.83 Å². The van der Waals surface area contributed by atoms with Crippen molar-refractivity contribution in [1.29, 1.82) is 0 Å². The van der Waals surface area contributed by atoms with E-state index < -0.39 is 10.0 Å². The minimum atomic E-state index is -3.62. The summed E-state index contributed by atoms with van der Waals surface area (Å²) in [6, 6.07) is 10.1. The van der Waals surface area contributed by atoms with Crippen LogP contribution in [0.15, 0.2) is 58.8 Å². The highest BCUT2D eigenvalue weighted by molar-refractivity contribution is 7.89. The number of hydrazone groups is 1. The fourth-order valence-corrected chi connectivity index (χ4v) is 2.18. The molecule has 6 heteroatoms. The molecule has 0 aliphatic rings. The van der Waals surface area contributed by atoms with E-state index in [0.29, 0.717) is 5.56 Å². The Morgan fingerprint density at radius 2 is 1.95 bits per heavy atom. The average molecular weight is 275 g/mol. The number of aryl methyl sites for hydroxylation is 1. The van der Waals surface area contributed by atoms with E-state index in [4.69, 9.17) is 0 Å². The minimum Gasteiger partial charge on any atom is -0.264 e. The van der Waals surface area contributed by atoms with Gasteiger partial charge in [-0.15, -0.1) is 0 Å². The molecule has 0 radical (unpaired) electrons. The molecule has 0 aliphatic heterocycles. The van der Waals surface area contributed by atoms with Crippen LogP contribution in [0.2, 0.25) is 0 Å². The molecule has 0 aliphatic carbocycles. The monoisotopic (exact) mass is 275 g/mol. The lowest BCUT2D eigenvalue weighted by Crippen LogP contribution is -2.18. The first kappa shape index (κ1) is 13.2. The Balaban J connectivity index is 2.10. The third-order valence-electron chi connectivity index (χ3n) is 2.40. The molecule has 1 aromatic carbocycles. The summed E-state index contributed by atoms with van der Waals surface area (Å²) in [6.07, 6.45) is 4.62. The highest BCUT2D eigenvalue weighted by atomic mass is 32.2. The van der Waals surface area contributed by atoms with Crippen LogP contribution in [0.5, 0.6) is 0 Å². The van der Waals surface area contributed by atoms with Gasteiger partial charge in [0.25, 0.3) is 10.0 Å². The van der Waals surface area contributed by atoms with Gasteiger partial charge in [0.15, 0.2) is 0 Å². The zero-order chi connectivity index (χ0) is 13.7. The van der Waals surface area contributed by atoms with Gasteiger partial charge in [0, 0.05) is 18.0 Å². The first-order chi connectivity index (χ1) is 9.08. The Hall–Kier alpha value is -2.21. The summed E-state index contributed by atoms with van der Waals surface area (Å²) in [5.41, 5.74) is 1.71. The van der Waals surface area contributed by atoms with Crippen molar-refractivity contribution < 1.29 is 8.42 Å². The highest BCUT2D eigenvalue weighted by Gasteiger charge is 2.11. The number of sulfonamides is 1. The Bertz CT molecular complexity index is 665. The van der Waals surface area contributed by atoms with Crippen LogP contribution >= 0.6 is 0 Å². The van der Waals surface area contributed by atoms with Crippen molar-refractivity contribution in [3.63, 3.8) is 0 Å². The summed E-state index contributed by atoms with van der Waals surface area (Å²) in [5.74, 6) is 0. The number of nitrogens with one attached hydrogen (secondary N) is 1. The van der Waals surface area contributed by atoms with E-state index in [1.54, 1.807) is 36.7 Å². The van der Waals surface area contributed by atoms with Gasteiger partial charge in [-0.3, -0.25) is 4.98 Å². The van der Waals surface area contributed by atoms with E-state index in [2.05, 4.69) is 14.9 Å². The number of hydrogen-bond acceptors (Lipinski definition) is 4. The average Bonchev–Trinajstić information content (AvgIpc) is 2.40. The van der Waals surface area contributed by atoms with Crippen LogP contribution in [0, 0.1) is 6.92 Å². The molecule has 0 atom stereocenters. The lowest BCUT2D eigenvalue weighted by molar-refractivity contribution is 0.584. The summed E-state index contributed by atoms with van der Waals surface area (Å²) >= 11 is 0. The molecule has 2 rings (SSSR count). The molecular weight excluding hydrogens is 262 g/mol. The van der Waals surface area contributed by atoms with Crippen LogP contribution in [0.25, 0.3) is 0 Å². The summed E-state index contributed by atoms with van der Waals surface area (Å²) in [4.78, 5) is 6.24. The van der Waals surface area contributed by atoms with E-state index in [1.165, 1.54) is 18.3 Å². The van der Waals surface area contributed by atoms with E-state index in [0.717, 1.165) is 5.56 Å². The Labute approximate surface area is 112 Å². The molecule has 0 saturated heterocycles. The highest BCUT2D eigenvalue weighted by Crippen LogP contribution is 2.09. The van der Waals surface area contributed by atoms with Crippen molar-refractivity contribution in [2.45, 2.75) is 11.8 Å². The normalized spacial score (nSPS) is 11.6. The summed E-state index contributed by atoms with van der Waals surface area (Å²) in [6.45, 7) is 1.89. The second kappa shape index (κ2) is 5.62. The van der Waals surface area contributed by atoms with Crippen LogP contribution in [-0.2, 0) is 10.0 Å². The smallest absolute Gasteiger partial charge is 0.264 e. The predicted octanol–water partition coefficient (Wildman–Crippen LogP) is 1.70. The van der Waals surface area contributed by atoms with Gasteiger partial charge >= 0.3 is 0 Å². The summed E-state index contributed by atoms with van der Waals surface area (Å²) in [7, 11) is -3.62. The molecule has 0 bridgehead atoms. The van der Waals surface area contributed by atoms with Gasteiger partial charge in [-0.05, 0) is 25.1 Å². The molecule has 0 amide bonds. The molecule has 19 heavy (non-hydrogen) atoms. The molecular formula is C13H13N3O2S. The number of rotatable bonds is 4. The van der Waals surface area contributed by atoms with Crippen molar-refractivity contribution in [2.24, 2.45) is 5.10 Å². The number of benzene rings is 1. The van der Waals surface area contributed by atoms with Crippen LogP contribution in [-0.4, -0.2) is 19.6 Å². The van der Waals surface area contributed by atoms with E-state index in [1.807, 2.05) is 6.92 Å². The van der Waals surface area contributed by atoms with Crippen molar-refractivity contribution in [3.8, 4) is 0 Å². The number of aromatic nitrogens is 1. The molecule has 1 heterocycles. The van der Waals surface area contributed by atoms with Crippen LogP contribution < -0.4 is 4.83 Å². The van der Waals surface area contributed by atoms with E-state index in [-0.39, 0.29) is 4.90 Å². The lowest BCUT2D eigenvalue weighted by Gasteiger charge is -2.03. The SMILES string of the molecule is Cc1ccc(S(=O)(=O)N/N=C\c2cccnc2)cc1. The van der Waals surface area contributed by atoms with Crippen molar-refractivity contribution in [1.82, 2.24) is 9.82 Å². The summed E-state index contributed by atoms with van der Waals surface area (Å²) < 4.78 is 23.8. The van der Waals surface area contributed by atoms with Gasteiger partial charge in [0.1, 0.15) is 0 Å². The maximum atomic E-state index is 11.9. The fourth-order valence-electron chi connectivity index (χ4n) is 1.39. The zero-order valence-corrected chi connectivity index (χ0v) is 11.1. The van der Waals surface area contributed by atoms with Gasteiger partial charge in [0.05, 0.1) is 11.1 Å². The van der Waals surface area contributed by atoms with Crippen molar-refractivity contribution in [2.75, 3.05) is 0 Å². The van der Waals surface area contributed by atoms with Gasteiger partial charge in [-0.1, -0.05) is 23.8 Å². The second-order valence-electron chi connectivity index (χ2n) is 3.95. The molecule has 0 saturated carbocycles. The molecule has 2 aromatic rings. The Morgan fingerprint density at radius 3 is 2.58 bits per heavy atom. The van der Waals surface area contributed by atoms with E-state index >= 15 is 0 Å². The number of hydrogen-bond donors (Lipinski definition) is 1. The topological polar surface area (TPSA) is 71.4 Å². The van der Waals surface area contributed by atoms with Crippen LogP contribution in [0.3, 0.4) is 0 Å². The molecule has 1 aromatic heterocycles. The number of nitrogens with zero attached hydrogens (tertiary/aromatic N) is 2. The standard InChI is InChI=1S/C13H13N3O2S/c1-11-4-6-13(7-5-11)19(17,18)16-15-10-12-3-2-8-14-9-12/h2-10,16H,1H3/b15-10-. The van der Waals surface area contributed by atoms with Gasteiger partial charge in [0.2, 0.25) is 0 Å². The first-order valence-electron chi connectivity index (χ1n) is 5.59. The van der Waals surface area contributed by atoms with Crippen LogP contribution in [0.4, 0.5) is 0 Å². The fraction of sp³-hybridized carbons (Fsp3) is 0.0769. The van der Waals surface area contributed by atoms with Gasteiger partial charge in [-0.2, -0.15) is 13.5 Å². The Kier molecular flexibility index (Phi) is 3.91. The van der Waals surface area contributed by atoms with Gasteiger partial charge < -0.3 is 0 Å². The molecule has 0 spiro atoms. The molecule has 98 valence electrons. The maximum absolute atomic E-state index is 11.9. The van der Waals surface area contributed by atoms with Crippen LogP contribution in [0.1, 0.15) is 11.1 Å². The van der Waals surface area contributed by atoms with E-state index in [9.17, 15) is 8.42 Å². The third kappa shape index (κ3) is 3.62. The first-order valence-corrected chi connectivity index (χ1v) is 7.08.